The molecule has 2 aromatic carbocycles. The zero-order chi connectivity index (χ0) is 17.4. The van der Waals surface area contributed by atoms with Gasteiger partial charge in [-0.1, -0.05) is 18.2 Å². The van der Waals surface area contributed by atoms with Crippen LogP contribution in [0.2, 0.25) is 0 Å². The van der Waals surface area contributed by atoms with Crippen molar-refractivity contribution in [2.45, 2.75) is 6.61 Å². The molecule has 0 unspecified atom stereocenters. The monoisotopic (exact) mass is 332 g/mol. The predicted molar refractivity (Wildman–Crippen MR) is 96.3 cm³/mol. The van der Waals surface area contributed by atoms with Crippen molar-refractivity contribution in [1.82, 2.24) is 4.57 Å². The lowest BCUT2D eigenvalue weighted by Gasteiger charge is -2.11. The maximum atomic E-state index is 12.3. The van der Waals surface area contributed by atoms with Gasteiger partial charge in [-0.05, 0) is 48.5 Å². The molecule has 3 N–H and O–H groups in total. The van der Waals surface area contributed by atoms with Crippen LogP contribution in [0.4, 0.5) is 5.69 Å². The average Bonchev–Trinajstić information content (AvgIpc) is 3.17. The summed E-state index contributed by atoms with van der Waals surface area (Å²) < 4.78 is 1.86. The third-order valence-corrected chi connectivity index (χ3v) is 4.26. The normalized spacial score (nSPS) is 14.6. The van der Waals surface area contributed by atoms with Crippen LogP contribution < -0.4 is 5.32 Å². The van der Waals surface area contributed by atoms with Crippen LogP contribution in [0.3, 0.4) is 0 Å². The number of aromatic hydroxyl groups is 1. The van der Waals surface area contributed by atoms with E-state index in [-0.39, 0.29) is 18.3 Å². The quantitative estimate of drug-likeness (QED) is 0.645. The first kappa shape index (κ1) is 15.2. The maximum absolute atomic E-state index is 12.3. The smallest absolute Gasteiger partial charge is 0.256 e. The van der Waals surface area contributed by atoms with Gasteiger partial charge in [0.1, 0.15) is 5.75 Å². The molecule has 0 radical (unpaired) electrons. The lowest BCUT2D eigenvalue weighted by atomic mass is 10.1. The summed E-state index contributed by atoms with van der Waals surface area (Å²) in [7, 11) is 0. The Labute approximate surface area is 144 Å². The first-order valence-electron chi connectivity index (χ1n) is 7.91. The molecular weight excluding hydrogens is 316 g/mol. The number of amides is 1. The van der Waals surface area contributed by atoms with E-state index in [2.05, 4.69) is 5.32 Å². The highest BCUT2D eigenvalue weighted by Gasteiger charge is 2.24. The summed E-state index contributed by atoms with van der Waals surface area (Å²) in [5.41, 5.74) is 4.50. The Kier molecular flexibility index (Phi) is 3.63. The van der Waals surface area contributed by atoms with Gasteiger partial charge in [-0.2, -0.15) is 0 Å². The molecule has 0 atom stereocenters. The molecule has 2 heterocycles. The number of hydrogen-bond donors (Lipinski definition) is 3. The molecule has 124 valence electrons. The Bertz CT molecular complexity index is 984. The molecule has 3 aromatic rings. The zero-order valence-corrected chi connectivity index (χ0v) is 13.3. The molecule has 5 nitrogen and oxygen atoms in total. The number of anilines is 1. The standard InChI is InChI=1S/C20H16N2O3/c23-12-15-6-5-14(22(15)13-7-9-16(24)10-8-13)11-18-17-3-1-2-4-19(17)21-20(18)25/h1-11,23-24H,12H2,(H,21,25)/b18-11-. The Hall–Kier alpha value is -3.31. The SMILES string of the molecule is O=C1Nc2ccccc2/C1=C/c1ccc(CO)n1-c1ccc(O)cc1. The maximum Gasteiger partial charge on any atom is 0.256 e. The van der Waals surface area contributed by atoms with E-state index in [1.165, 1.54) is 0 Å². The fourth-order valence-electron chi connectivity index (χ4n) is 3.08. The first-order valence-corrected chi connectivity index (χ1v) is 7.91. The zero-order valence-electron chi connectivity index (χ0n) is 13.3. The molecule has 0 saturated heterocycles. The summed E-state index contributed by atoms with van der Waals surface area (Å²) in [5, 5.41) is 22.0. The van der Waals surface area contributed by atoms with Crippen molar-refractivity contribution in [2.24, 2.45) is 0 Å². The van der Waals surface area contributed by atoms with Crippen LogP contribution in [0.5, 0.6) is 5.75 Å². The number of hydrogen-bond acceptors (Lipinski definition) is 3. The van der Waals surface area contributed by atoms with Crippen molar-refractivity contribution in [3.8, 4) is 11.4 Å². The minimum atomic E-state index is -0.148. The summed E-state index contributed by atoms with van der Waals surface area (Å²) in [6, 6.07) is 17.9. The van der Waals surface area contributed by atoms with Crippen molar-refractivity contribution in [3.63, 3.8) is 0 Å². The van der Waals surface area contributed by atoms with Gasteiger partial charge in [0.25, 0.3) is 5.91 Å². The van der Waals surface area contributed by atoms with Crippen LogP contribution in [-0.4, -0.2) is 20.7 Å². The molecule has 25 heavy (non-hydrogen) atoms. The number of nitrogens with zero attached hydrogens (tertiary/aromatic N) is 1. The highest BCUT2D eigenvalue weighted by Crippen LogP contribution is 2.33. The van der Waals surface area contributed by atoms with Crippen LogP contribution in [0.25, 0.3) is 17.3 Å². The van der Waals surface area contributed by atoms with Crippen LogP contribution >= 0.6 is 0 Å². The number of phenols is 1. The molecule has 1 aromatic heterocycles. The number of aliphatic hydroxyl groups excluding tert-OH is 1. The molecule has 1 aliphatic heterocycles. The Morgan fingerprint density at radius 3 is 2.52 bits per heavy atom. The lowest BCUT2D eigenvalue weighted by molar-refractivity contribution is -0.110. The van der Waals surface area contributed by atoms with Gasteiger partial charge in [-0.3, -0.25) is 4.79 Å². The second-order valence-electron chi connectivity index (χ2n) is 5.82. The Balaban J connectivity index is 1.86. The predicted octanol–water partition coefficient (Wildman–Crippen LogP) is 3.17. The fourth-order valence-corrected chi connectivity index (χ4v) is 3.08. The van der Waals surface area contributed by atoms with E-state index in [9.17, 15) is 15.0 Å². The minimum absolute atomic E-state index is 0.132. The van der Waals surface area contributed by atoms with Crippen molar-refractivity contribution < 1.29 is 15.0 Å². The van der Waals surface area contributed by atoms with E-state index >= 15 is 0 Å². The molecule has 0 saturated carbocycles. The third kappa shape index (κ3) is 2.60. The number of carbonyl (C=O) groups is 1. The molecule has 1 amide bonds. The number of carbonyl (C=O) groups excluding carboxylic acids is 1. The van der Waals surface area contributed by atoms with E-state index in [1.54, 1.807) is 24.3 Å². The van der Waals surface area contributed by atoms with Crippen molar-refractivity contribution >= 4 is 23.2 Å². The summed E-state index contributed by atoms with van der Waals surface area (Å²) in [6.45, 7) is -0.132. The number of rotatable bonds is 3. The van der Waals surface area contributed by atoms with Gasteiger partial charge in [-0.15, -0.1) is 0 Å². The van der Waals surface area contributed by atoms with Crippen LogP contribution in [0.15, 0.2) is 60.7 Å². The highest BCUT2D eigenvalue weighted by atomic mass is 16.3. The summed E-state index contributed by atoms with van der Waals surface area (Å²) in [4.78, 5) is 12.3. The molecule has 1 aliphatic rings. The van der Waals surface area contributed by atoms with Crippen molar-refractivity contribution in [2.75, 3.05) is 5.32 Å². The van der Waals surface area contributed by atoms with Gasteiger partial charge in [0.2, 0.25) is 0 Å². The number of aromatic nitrogens is 1. The van der Waals surface area contributed by atoms with E-state index < -0.39 is 0 Å². The number of benzene rings is 2. The molecule has 0 aliphatic carbocycles. The molecular formula is C20H16N2O3. The van der Waals surface area contributed by atoms with Gasteiger partial charge >= 0.3 is 0 Å². The van der Waals surface area contributed by atoms with Crippen molar-refractivity contribution in [3.05, 3.63) is 77.6 Å². The molecule has 5 heteroatoms. The van der Waals surface area contributed by atoms with E-state index in [0.717, 1.165) is 22.6 Å². The van der Waals surface area contributed by atoms with Gasteiger partial charge in [0.15, 0.2) is 0 Å². The van der Waals surface area contributed by atoms with Crippen LogP contribution in [0, 0.1) is 0 Å². The number of phenolic OH excluding ortho intramolecular Hbond substituents is 1. The van der Waals surface area contributed by atoms with E-state index in [1.807, 2.05) is 47.0 Å². The van der Waals surface area contributed by atoms with Gasteiger partial charge in [0.05, 0.1) is 12.2 Å². The topological polar surface area (TPSA) is 74.5 Å². The molecule has 4 rings (SSSR count). The Morgan fingerprint density at radius 1 is 1.00 bits per heavy atom. The lowest BCUT2D eigenvalue weighted by Crippen LogP contribution is -2.05. The number of nitrogens with one attached hydrogen (secondary N) is 1. The number of fused-ring (bicyclic) bond motifs is 1. The van der Waals surface area contributed by atoms with Crippen LogP contribution in [-0.2, 0) is 11.4 Å². The van der Waals surface area contributed by atoms with Crippen LogP contribution in [0.1, 0.15) is 17.0 Å². The van der Waals surface area contributed by atoms with E-state index in [4.69, 9.17) is 0 Å². The summed E-state index contributed by atoms with van der Waals surface area (Å²) in [6.07, 6.45) is 1.81. The minimum Gasteiger partial charge on any atom is -0.508 e. The molecule has 0 fully saturated rings. The Morgan fingerprint density at radius 2 is 1.76 bits per heavy atom. The highest BCUT2D eigenvalue weighted by molar-refractivity contribution is 6.34. The summed E-state index contributed by atoms with van der Waals surface area (Å²) >= 11 is 0. The summed E-state index contributed by atoms with van der Waals surface area (Å²) in [5.74, 6) is 0.0238. The molecule has 0 spiro atoms. The second-order valence-corrected chi connectivity index (χ2v) is 5.82. The van der Waals surface area contributed by atoms with E-state index in [0.29, 0.717) is 11.3 Å². The molecule has 0 bridgehead atoms. The van der Waals surface area contributed by atoms with Gasteiger partial charge < -0.3 is 20.1 Å². The fraction of sp³-hybridized carbons (Fsp3) is 0.0500. The first-order chi connectivity index (χ1) is 12.2. The largest absolute Gasteiger partial charge is 0.508 e. The average molecular weight is 332 g/mol. The van der Waals surface area contributed by atoms with Crippen molar-refractivity contribution in [1.29, 1.82) is 0 Å². The number of para-hydroxylation sites is 1. The third-order valence-electron chi connectivity index (χ3n) is 4.26. The second kappa shape index (κ2) is 5.96. The number of aliphatic hydroxyl groups is 1. The van der Waals surface area contributed by atoms with Gasteiger partial charge in [-0.25, -0.2) is 0 Å². The van der Waals surface area contributed by atoms with Gasteiger partial charge in [0, 0.05) is 28.3 Å².